The number of piperidine rings is 1. The van der Waals surface area contributed by atoms with Gasteiger partial charge in [0.15, 0.2) is 6.29 Å². The van der Waals surface area contributed by atoms with Crippen molar-refractivity contribution in [3.8, 4) is 11.1 Å². The van der Waals surface area contributed by atoms with E-state index in [1.54, 1.807) is 0 Å². The molecule has 324 valence electrons. The lowest BCUT2D eigenvalue weighted by molar-refractivity contribution is -0.255. The monoisotopic (exact) mass is 830 g/mol. The molecular formula is C50H62N4O7. The van der Waals surface area contributed by atoms with Gasteiger partial charge >= 0.3 is 12.0 Å². The fraction of sp³-hybridized carbons (Fsp3) is 0.460. The average molecular weight is 831 g/mol. The summed E-state index contributed by atoms with van der Waals surface area (Å²) >= 11 is 0. The maximum absolute atomic E-state index is 13.9. The van der Waals surface area contributed by atoms with Crippen LogP contribution in [0, 0.1) is 5.92 Å². The summed E-state index contributed by atoms with van der Waals surface area (Å²) in [6, 6.07) is 32.3. The number of urea groups is 1. The van der Waals surface area contributed by atoms with Crippen LogP contribution in [0.25, 0.3) is 11.1 Å². The van der Waals surface area contributed by atoms with Crippen molar-refractivity contribution < 1.29 is 33.7 Å². The molecule has 4 N–H and O–H groups in total. The number of methoxy groups -OCH3 is 1. The summed E-state index contributed by atoms with van der Waals surface area (Å²) in [6.07, 6.45) is 6.47. The Labute approximate surface area is 360 Å². The maximum Gasteiger partial charge on any atom is 0.328 e. The molecule has 1 saturated carbocycles. The van der Waals surface area contributed by atoms with E-state index >= 15 is 0 Å². The average Bonchev–Trinajstić information content (AvgIpc) is 3.27. The molecule has 7 atom stereocenters. The number of amides is 3. The van der Waals surface area contributed by atoms with Crippen LogP contribution in [0.15, 0.2) is 103 Å². The number of hydrogen-bond acceptors (Lipinski definition) is 8. The molecule has 0 spiro atoms. The molecule has 7 rings (SSSR count). The Hall–Kier alpha value is -5.07. The van der Waals surface area contributed by atoms with Crippen LogP contribution in [0.5, 0.6) is 0 Å². The van der Waals surface area contributed by atoms with Crippen LogP contribution >= 0.6 is 0 Å². The Kier molecular flexibility index (Phi) is 14.6. The van der Waals surface area contributed by atoms with Crippen molar-refractivity contribution in [2.24, 2.45) is 5.92 Å². The van der Waals surface area contributed by atoms with E-state index in [9.17, 15) is 19.5 Å². The molecule has 4 aromatic carbocycles. The van der Waals surface area contributed by atoms with Gasteiger partial charge in [-0.05, 0) is 85.8 Å². The van der Waals surface area contributed by atoms with Crippen molar-refractivity contribution in [1.29, 1.82) is 0 Å². The predicted molar refractivity (Wildman–Crippen MR) is 235 cm³/mol. The van der Waals surface area contributed by atoms with Crippen molar-refractivity contribution in [3.63, 3.8) is 0 Å². The zero-order valence-corrected chi connectivity index (χ0v) is 36.0. The lowest BCUT2D eigenvalue weighted by Gasteiger charge is -2.50. The van der Waals surface area contributed by atoms with Gasteiger partial charge in [-0.25, -0.2) is 9.59 Å². The van der Waals surface area contributed by atoms with E-state index in [0.717, 1.165) is 58.2 Å². The van der Waals surface area contributed by atoms with E-state index in [-0.39, 0.29) is 42.8 Å². The Bertz CT molecular complexity index is 2070. The first kappa shape index (κ1) is 44.0. The molecular weight excluding hydrogens is 769 g/mol. The quantitative estimate of drug-likeness (QED) is 0.0999. The van der Waals surface area contributed by atoms with Crippen molar-refractivity contribution in [1.82, 2.24) is 20.9 Å². The van der Waals surface area contributed by atoms with Gasteiger partial charge in [-0.15, -0.1) is 0 Å². The molecule has 3 fully saturated rings. The zero-order valence-electron chi connectivity index (χ0n) is 36.0. The van der Waals surface area contributed by atoms with Gasteiger partial charge < -0.3 is 35.3 Å². The molecule has 2 saturated heterocycles. The van der Waals surface area contributed by atoms with Crippen molar-refractivity contribution in [2.45, 2.75) is 127 Å². The van der Waals surface area contributed by atoms with E-state index in [4.69, 9.17) is 14.2 Å². The normalized spacial score (nSPS) is 23.6. The van der Waals surface area contributed by atoms with Gasteiger partial charge in [-0.3, -0.25) is 9.69 Å². The number of carbonyl (C=O) groups is 3. The molecule has 11 heteroatoms. The van der Waals surface area contributed by atoms with E-state index in [0.29, 0.717) is 31.3 Å². The molecule has 0 aromatic heterocycles. The zero-order chi connectivity index (χ0) is 42.9. The first-order chi connectivity index (χ1) is 29.5. The van der Waals surface area contributed by atoms with Crippen LogP contribution in [0.1, 0.15) is 106 Å². The molecule has 11 nitrogen and oxygen atoms in total. The first-order valence-corrected chi connectivity index (χ1v) is 21.9. The summed E-state index contributed by atoms with van der Waals surface area (Å²) < 4.78 is 18.6. The molecule has 2 heterocycles. The molecule has 0 radical (unpaired) electrons. The van der Waals surface area contributed by atoms with Crippen molar-refractivity contribution >= 4 is 17.9 Å². The molecule has 2 aliphatic heterocycles. The van der Waals surface area contributed by atoms with Gasteiger partial charge in [0, 0.05) is 43.1 Å². The highest BCUT2D eigenvalue weighted by Gasteiger charge is 2.44. The number of aliphatic hydroxyl groups excluding tert-OH is 1. The van der Waals surface area contributed by atoms with Gasteiger partial charge in [0.2, 0.25) is 5.91 Å². The van der Waals surface area contributed by atoms with Crippen LogP contribution in [-0.2, 0) is 43.4 Å². The fourth-order valence-corrected chi connectivity index (χ4v) is 9.34. The number of nitrogens with zero attached hydrogens (tertiary/aromatic N) is 1. The highest BCUT2D eigenvalue weighted by molar-refractivity contribution is 5.84. The Morgan fingerprint density at radius 2 is 1.52 bits per heavy atom. The van der Waals surface area contributed by atoms with Crippen molar-refractivity contribution in [3.05, 3.63) is 131 Å². The lowest BCUT2D eigenvalue weighted by Crippen LogP contribution is -2.61. The summed E-state index contributed by atoms with van der Waals surface area (Å²) in [6.45, 7) is 6.96. The lowest BCUT2D eigenvalue weighted by atomic mass is 9.75. The number of benzene rings is 4. The minimum atomic E-state index is -0.836. The SMILES string of the molecule is COC(=O)[C@H](Cc1ccccc1)NC(=O)NCc1ccccc1-c1ccc([C@@H]2O[C@H](CN3[C@@H](C(=O)NC(C)(C)C)CC[C@H]4CCCC[C@H]43)C[C@H](c3ccc(CO)cc3)O2)cc1. The van der Waals surface area contributed by atoms with Gasteiger partial charge in [0.25, 0.3) is 0 Å². The second-order valence-corrected chi connectivity index (χ2v) is 17.9. The number of esters is 1. The molecule has 0 unspecified atom stereocenters. The number of fused-ring (bicyclic) bond motifs is 1. The van der Waals surface area contributed by atoms with Gasteiger partial charge in [0.1, 0.15) is 6.04 Å². The summed E-state index contributed by atoms with van der Waals surface area (Å²) in [7, 11) is 1.31. The summed E-state index contributed by atoms with van der Waals surface area (Å²) in [5.41, 5.74) is 6.16. The maximum atomic E-state index is 13.9. The van der Waals surface area contributed by atoms with Gasteiger partial charge in [0.05, 0.1) is 32.0 Å². The third kappa shape index (κ3) is 11.5. The van der Waals surface area contributed by atoms with Crippen LogP contribution < -0.4 is 16.0 Å². The van der Waals surface area contributed by atoms with E-state index in [1.807, 2.05) is 124 Å². The van der Waals surface area contributed by atoms with E-state index < -0.39 is 24.3 Å². The number of nitrogens with one attached hydrogen (secondary N) is 3. The molecule has 4 aromatic rings. The Morgan fingerprint density at radius 1 is 0.820 bits per heavy atom. The van der Waals surface area contributed by atoms with Crippen molar-refractivity contribution in [2.75, 3.05) is 13.7 Å². The second kappa shape index (κ2) is 20.2. The third-order valence-corrected chi connectivity index (χ3v) is 12.4. The summed E-state index contributed by atoms with van der Waals surface area (Å²) in [5, 5.41) is 18.7. The van der Waals surface area contributed by atoms with E-state index in [1.165, 1.54) is 26.4 Å². The molecule has 0 bridgehead atoms. The Morgan fingerprint density at radius 3 is 2.25 bits per heavy atom. The standard InChI is InChI=1S/C50H62N4O7/c1-50(2,3)53-46(56)44-27-26-36-14-9-11-17-43(36)54(44)31-40-29-45(37-20-18-34(32-55)19-21-37)61-48(60-40)38-24-22-35(23-25-38)41-16-10-8-15-39(41)30-51-49(58)52-42(47(57)59-4)28-33-12-6-5-7-13-33/h5-8,10,12-13,15-16,18-25,36,40,42-45,48,55H,9,11,14,17,26-32H2,1-4H3,(H,53,56)(H2,51,52,58)/t36-,40+,42+,43-,44-,45-,48-/m1/s1. The van der Waals surface area contributed by atoms with Crippen LogP contribution in [0.2, 0.25) is 0 Å². The molecule has 61 heavy (non-hydrogen) atoms. The number of carbonyl (C=O) groups excluding carboxylic acids is 3. The minimum Gasteiger partial charge on any atom is -0.467 e. The minimum absolute atomic E-state index is 0.0287. The number of ether oxygens (including phenoxy) is 3. The van der Waals surface area contributed by atoms with Crippen LogP contribution in [0.4, 0.5) is 4.79 Å². The summed E-state index contributed by atoms with van der Waals surface area (Å²) in [5.74, 6) is 0.164. The molecule has 1 aliphatic carbocycles. The smallest absolute Gasteiger partial charge is 0.328 e. The Balaban J connectivity index is 1.08. The number of rotatable bonds is 13. The summed E-state index contributed by atoms with van der Waals surface area (Å²) in [4.78, 5) is 42.0. The third-order valence-electron chi connectivity index (χ3n) is 12.4. The molecule has 3 amide bonds. The predicted octanol–water partition coefficient (Wildman–Crippen LogP) is 7.91. The highest BCUT2D eigenvalue weighted by Crippen LogP contribution is 2.42. The largest absolute Gasteiger partial charge is 0.467 e. The fourth-order valence-electron chi connectivity index (χ4n) is 9.34. The number of aliphatic hydroxyl groups is 1. The van der Waals surface area contributed by atoms with Crippen LogP contribution in [-0.4, -0.2) is 71.3 Å². The van der Waals surface area contributed by atoms with Gasteiger partial charge in [-0.2, -0.15) is 0 Å². The number of hydrogen-bond donors (Lipinski definition) is 4. The van der Waals surface area contributed by atoms with E-state index in [2.05, 4.69) is 20.9 Å². The topological polar surface area (TPSA) is 138 Å². The molecule has 3 aliphatic rings. The highest BCUT2D eigenvalue weighted by atomic mass is 16.7. The number of likely N-dealkylation sites (tertiary alicyclic amines) is 1. The van der Waals surface area contributed by atoms with Gasteiger partial charge in [-0.1, -0.05) is 116 Å². The second-order valence-electron chi connectivity index (χ2n) is 17.9. The first-order valence-electron chi connectivity index (χ1n) is 21.9. The van der Waals surface area contributed by atoms with Crippen LogP contribution in [0.3, 0.4) is 0 Å².